The van der Waals surface area contributed by atoms with Crippen LogP contribution in [-0.2, 0) is 17.6 Å². The number of anilines is 1. The van der Waals surface area contributed by atoms with Crippen LogP contribution in [0.3, 0.4) is 0 Å². The second-order valence-electron chi connectivity index (χ2n) is 4.74. The summed E-state index contributed by atoms with van der Waals surface area (Å²) in [6.07, 6.45) is 2.37. The van der Waals surface area contributed by atoms with Gasteiger partial charge in [-0.15, -0.1) is 0 Å². The van der Waals surface area contributed by atoms with Crippen molar-refractivity contribution >= 4 is 11.7 Å². The molecule has 2 aromatic rings. The zero-order valence-corrected chi connectivity index (χ0v) is 11.4. The van der Waals surface area contributed by atoms with Gasteiger partial charge in [0, 0.05) is 11.8 Å². The van der Waals surface area contributed by atoms with Crippen LogP contribution >= 0.6 is 0 Å². The fraction of sp³-hybridized carbons (Fsp3) is 0.333. The molecule has 0 bridgehead atoms. The molecule has 0 saturated carbocycles. The summed E-state index contributed by atoms with van der Waals surface area (Å²) in [5.74, 6) is 0.557. The predicted molar refractivity (Wildman–Crippen MR) is 76.1 cm³/mol. The minimum Gasteiger partial charge on any atom is -0.309 e. The molecule has 1 aromatic carbocycles. The van der Waals surface area contributed by atoms with Gasteiger partial charge in [0.1, 0.15) is 0 Å². The Balaban J connectivity index is 1.93. The molecule has 0 aliphatic carbocycles. The second-order valence-corrected chi connectivity index (χ2v) is 4.74. The molecular formula is C15H19N3O. The van der Waals surface area contributed by atoms with E-state index in [-0.39, 0.29) is 5.91 Å². The SMILES string of the molecule is CCCc1cc(NC(=O)Cc2cccc(C)c2)n[nH]1. The maximum absolute atomic E-state index is 11.9. The number of benzene rings is 1. The van der Waals surface area contributed by atoms with Gasteiger partial charge in [-0.2, -0.15) is 5.10 Å². The minimum atomic E-state index is -0.0415. The summed E-state index contributed by atoms with van der Waals surface area (Å²) in [5.41, 5.74) is 3.23. The topological polar surface area (TPSA) is 57.8 Å². The third-order valence-corrected chi connectivity index (χ3v) is 2.86. The van der Waals surface area contributed by atoms with Crippen molar-refractivity contribution in [2.45, 2.75) is 33.1 Å². The van der Waals surface area contributed by atoms with E-state index in [1.54, 1.807) is 0 Å². The van der Waals surface area contributed by atoms with E-state index in [0.717, 1.165) is 29.7 Å². The third kappa shape index (κ3) is 3.95. The summed E-state index contributed by atoms with van der Waals surface area (Å²) in [7, 11) is 0. The maximum Gasteiger partial charge on any atom is 0.229 e. The van der Waals surface area contributed by atoms with Crippen LogP contribution < -0.4 is 5.32 Å². The summed E-state index contributed by atoms with van der Waals surface area (Å²) in [6, 6.07) is 9.85. The van der Waals surface area contributed by atoms with Crippen molar-refractivity contribution in [3.63, 3.8) is 0 Å². The standard InChI is InChI=1S/C15H19N3O/c1-3-5-13-10-14(18-17-13)16-15(19)9-12-7-4-6-11(2)8-12/h4,6-8,10H,3,5,9H2,1-2H3,(H2,16,17,18,19). The molecule has 0 spiro atoms. The molecule has 4 nitrogen and oxygen atoms in total. The summed E-state index contributed by atoms with van der Waals surface area (Å²) in [4.78, 5) is 11.9. The van der Waals surface area contributed by atoms with Gasteiger partial charge in [0.25, 0.3) is 0 Å². The highest BCUT2D eigenvalue weighted by atomic mass is 16.1. The summed E-state index contributed by atoms with van der Waals surface area (Å²) in [6.45, 7) is 4.13. The molecule has 2 rings (SSSR count). The second kappa shape index (κ2) is 6.18. The van der Waals surface area contributed by atoms with Crippen molar-refractivity contribution in [1.29, 1.82) is 0 Å². The molecule has 100 valence electrons. The largest absolute Gasteiger partial charge is 0.309 e. The average molecular weight is 257 g/mol. The Morgan fingerprint density at radius 3 is 2.95 bits per heavy atom. The maximum atomic E-state index is 11.9. The number of nitrogens with zero attached hydrogens (tertiary/aromatic N) is 1. The predicted octanol–water partition coefficient (Wildman–Crippen LogP) is 2.85. The van der Waals surface area contributed by atoms with Crippen LogP contribution in [0.5, 0.6) is 0 Å². The number of aromatic nitrogens is 2. The fourth-order valence-electron chi connectivity index (χ4n) is 2.02. The van der Waals surface area contributed by atoms with E-state index in [4.69, 9.17) is 0 Å². The van der Waals surface area contributed by atoms with Gasteiger partial charge in [0.05, 0.1) is 6.42 Å². The Morgan fingerprint density at radius 2 is 2.21 bits per heavy atom. The Morgan fingerprint density at radius 1 is 1.37 bits per heavy atom. The molecule has 0 unspecified atom stereocenters. The Bertz CT molecular complexity index is 560. The van der Waals surface area contributed by atoms with E-state index in [0.29, 0.717) is 12.2 Å². The number of hydrogen-bond donors (Lipinski definition) is 2. The minimum absolute atomic E-state index is 0.0415. The molecule has 4 heteroatoms. The summed E-state index contributed by atoms with van der Waals surface area (Å²) >= 11 is 0. The van der Waals surface area contributed by atoms with E-state index in [1.807, 2.05) is 37.3 Å². The van der Waals surface area contributed by atoms with Crippen LogP contribution in [-0.4, -0.2) is 16.1 Å². The Labute approximate surface area is 113 Å². The lowest BCUT2D eigenvalue weighted by atomic mass is 10.1. The molecule has 1 heterocycles. The van der Waals surface area contributed by atoms with E-state index in [1.165, 1.54) is 0 Å². The van der Waals surface area contributed by atoms with Gasteiger partial charge in [-0.25, -0.2) is 0 Å². The monoisotopic (exact) mass is 257 g/mol. The molecule has 2 N–H and O–H groups in total. The number of aryl methyl sites for hydroxylation is 2. The molecule has 1 amide bonds. The number of amides is 1. The van der Waals surface area contributed by atoms with Crippen molar-refractivity contribution in [3.05, 3.63) is 47.2 Å². The van der Waals surface area contributed by atoms with Crippen LogP contribution in [0.25, 0.3) is 0 Å². The van der Waals surface area contributed by atoms with Crippen LogP contribution in [0, 0.1) is 6.92 Å². The van der Waals surface area contributed by atoms with E-state index >= 15 is 0 Å². The highest BCUT2D eigenvalue weighted by Gasteiger charge is 2.07. The number of carbonyl (C=O) groups excluding carboxylic acids is 1. The quantitative estimate of drug-likeness (QED) is 0.865. The van der Waals surface area contributed by atoms with Gasteiger partial charge in [0.15, 0.2) is 5.82 Å². The lowest BCUT2D eigenvalue weighted by Crippen LogP contribution is -2.14. The highest BCUT2D eigenvalue weighted by molar-refractivity contribution is 5.91. The Hall–Kier alpha value is -2.10. The molecule has 0 fully saturated rings. The van der Waals surface area contributed by atoms with Gasteiger partial charge < -0.3 is 5.32 Å². The molecule has 0 aliphatic heterocycles. The first-order chi connectivity index (χ1) is 9.17. The molecule has 1 aromatic heterocycles. The van der Waals surface area contributed by atoms with Crippen molar-refractivity contribution in [2.75, 3.05) is 5.32 Å². The Kier molecular flexibility index (Phi) is 4.34. The van der Waals surface area contributed by atoms with Crippen molar-refractivity contribution in [2.24, 2.45) is 0 Å². The lowest BCUT2D eigenvalue weighted by Gasteiger charge is -2.03. The third-order valence-electron chi connectivity index (χ3n) is 2.86. The van der Waals surface area contributed by atoms with E-state index in [2.05, 4.69) is 22.4 Å². The van der Waals surface area contributed by atoms with Crippen molar-refractivity contribution in [1.82, 2.24) is 10.2 Å². The number of hydrogen-bond acceptors (Lipinski definition) is 2. The zero-order chi connectivity index (χ0) is 13.7. The first-order valence-electron chi connectivity index (χ1n) is 6.57. The van der Waals surface area contributed by atoms with Gasteiger partial charge in [-0.3, -0.25) is 9.89 Å². The summed E-state index contributed by atoms with van der Waals surface area (Å²) < 4.78 is 0. The lowest BCUT2D eigenvalue weighted by molar-refractivity contribution is -0.115. The first kappa shape index (κ1) is 13.3. The smallest absolute Gasteiger partial charge is 0.229 e. The fourth-order valence-corrected chi connectivity index (χ4v) is 2.02. The van der Waals surface area contributed by atoms with Crippen LogP contribution in [0.1, 0.15) is 30.2 Å². The summed E-state index contributed by atoms with van der Waals surface area (Å²) in [5, 5.41) is 9.80. The number of nitrogens with one attached hydrogen (secondary N) is 2. The number of aromatic amines is 1. The molecule has 0 atom stereocenters. The number of rotatable bonds is 5. The first-order valence-corrected chi connectivity index (χ1v) is 6.57. The number of H-pyrrole nitrogens is 1. The average Bonchev–Trinajstić information content (AvgIpc) is 2.77. The van der Waals surface area contributed by atoms with Crippen molar-refractivity contribution < 1.29 is 4.79 Å². The number of carbonyl (C=O) groups is 1. The highest BCUT2D eigenvalue weighted by Crippen LogP contribution is 2.09. The zero-order valence-electron chi connectivity index (χ0n) is 11.4. The van der Waals surface area contributed by atoms with Crippen molar-refractivity contribution in [3.8, 4) is 0 Å². The van der Waals surface area contributed by atoms with Crippen LogP contribution in [0.4, 0.5) is 5.82 Å². The molecular weight excluding hydrogens is 238 g/mol. The molecule has 0 saturated heterocycles. The molecule has 0 aliphatic rings. The van der Waals surface area contributed by atoms with Gasteiger partial charge >= 0.3 is 0 Å². The van der Waals surface area contributed by atoms with E-state index in [9.17, 15) is 4.79 Å². The van der Waals surface area contributed by atoms with Crippen LogP contribution in [0.2, 0.25) is 0 Å². The van der Waals surface area contributed by atoms with Gasteiger partial charge in [0.2, 0.25) is 5.91 Å². The van der Waals surface area contributed by atoms with Gasteiger partial charge in [-0.1, -0.05) is 43.2 Å². The van der Waals surface area contributed by atoms with E-state index < -0.39 is 0 Å². The normalized spacial score (nSPS) is 10.4. The molecule has 19 heavy (non-hydrogen) atoms. The van der Waals surface area contributed by atoms with Crippen LogP contribution in [0.15, 0.2) is 30.3 Å². The molecule has 0 radical (unpaired) electrons. The van der Waals surface area contributed by atoms with Gasteiger partial charge in [-0.05, 0) is 18.9 Å².